The summed E-state index contributed by atoms with van der Waals surface area (Å²) in [5, 5.41) is 0. The van der Waals surface area contributed by atoms with Crippen LogP contribution in [0, 0.1) is 11.6 Å². The number of carbonyl (C=O) groups is 1. The predicted molar refractivity (Wildman–Crippen MR) is 128 cm³/mol. The number of alkyl halides is 3. The van der Waals surface area contributed by atoms with E-state index in [1.807, 2.05) is 0 Å². The fraction of sp³-hybridized carbons (Fsp3) is 0.240. The quantitative estimate of drug-likeness (QED) is 0.432. The van der Waals surface area contributed by atoms with Crippen molar-refractivity contribution < 1.29 is 35.2 Å². The monoisotopic (exact) mass is 539 g/mol. The van der Waals surface area contributed by atoms with Gasteiger partial charge in [-0.15, -0.1) is 0 Å². The first-order valence-electron chi connectivity index (χ1n) is 11.2. The molecule has 0 bridgehead atoms. The molecule has 0 atom stereocenters. The van der Waals surface area contributed by atoms with Crippen LogP contribution in [0.5, 0.6) is 0 Å². The molecule has 3 aromatic carbocycles. The second-order valence-corrected chi connectivity index (χ2v) is 10.2. The zero-order chi connectivity index (χ0) is 26.8. The van der Waals surface area contributed by atoms with Gasteiger partial charge in [0, 0.05) is 31.9 Å². The summed E-state index contributed by atoms with van der Waals surface area (Å²) < 4.78 is 93.5. The molecule has 0 N–H and O–H groups in total. The number of amides is 1. The van der Waals surface area contributed by atoms with E-state index >= 15 is 0 Å². The Morgan fingerprint density at radius 1 is 0.838 bits per heavy atom. The van der Waals surface area contributed by atoms with E-state index in [1.165, 1.54) is 23.1 Å². The maximum atomic E-state index is 13.5. The van der Waals surface area contributed by atoms with Gasteiger partial charge in [0.25, 0.3) is 10.0 Å². The largest absolute Gasteiger partial charge is 0.416 e. The van der Waals surface area contributed by atoms with Gasteiger partial charge in [-0.05, 0) is 66.7 Å². The summed E-state index contributed by atoms with van der Waals surface area (Å²) in [6, 6.07) is 13.5. The van der Waals surface area contributed by atoms with Crippen LogP contribution in [0.15, 0.2) is 77.7 Å². The molecule has 0 aromatic heterocycles. The number of hydrogen-bond acceptors (Lipinski definition) is 4. The predicted octanol–water partition coefficient (Wildman–Crippen LogP) is 4.53. The van der Waals surface area contributed by atoms with Crippen molar-refractivity contribution in [2.75, 3.05) is 41.9 Å². The molecule has 1 heterocycles. The Morgan fingerprint density at radius 3 is 1.97 bits per heavy atom. The van der Waals surface area contributed by atoms with Crippen LogP contribution >= 0.6 is 0 Å². The van der Waals surface area contributed by atoms with Gasteiger partial charge in [-0.25, -0.2) is 17.2 Å². The molecule has 0 aliphatic carbocycles. The summed E-state index contributed by atoms with van der Waals surface area (Å²) in [5.41, 5.74) is -0.361. The SMILES string of the molecule is O=C(CN(c1ccc(F)cc1)S(=O)(=O)c1ccc(F)cc1)N1CCN(c2cccc(C(F)(F)F)c2)CC1. The van der Waals surface area contributed by atoms with Crippen molar-refractivity contribution in [1.29, 1.82) is 0 Å². The molecule has 0 spiro atoms. The first-order chi connectivity index (χ1) is 17.4. The van der Waals surface area contributed by atoms with E-state index in [2.05, 4.69) is 0 Å². The number of sulfonamides is 1. The Kier molecular flexibility index (Phi) is 7.39. The second kappa shape index (κ2) is 10.4. The lowest BCUT2D eigenvalue weighted by Gasteiger charge is -2.37. The van der Waals surface area contributed by atoms with E-state index in [-0.39, 0.29) is 36.8 Å². The number of hydrogen-bond donors (Lipinski definition) is 0. The molecule has 6 nitrogen and oxygen atoms in total. The van der Waals surface area contributed by atoms with Crippen LogP contribution in [0.2, 0.25) is 0 Å². The molecule has 1 aliphatic heterocycles. The van der Waals surface area contributed by atoms with Crippen molar-refractivity contribution in [2.45, 2.75) is 11.1 Å². The molecular formula is C25H22F5N3O3S. The van der Waals surface area contributed by atoms with Gasteiger partial charge in [-0.3, -0.25) is 9.10 Å². The number of rotatable bonds is 6. The third-order valence-electron chi connectivity index (χ3n) is 5.97. The molecule has 1 saturated heterocycles. The molecule has 0 saturated carbocycles. The molecule has 3 aromatic rings. The summed E-state index contributed by atoms with van der Waals surface area (Å²) in [6.45, 7) is 0.198. The Bertz CT molecular complexity index is 1360. The molecule has 4 rings (SSSR count). The van der Waals surface area contributed by atoms with Crippen molar-refractivity contribution in [3.63, 3.8) is 0 Å². The molecule has 0 unspecified atom stereocenters. The van der Waals surface area contributed by atoms with E-state index in [0.717, 1.165) is 52.8 Å². The zero-order valence-electron chi connectivity index (χ0n) is 19.3. The standard InChI is InChI=1S/C25H22F5N3O3S/c26-19-4-8-21(9-5-19)33(37(35,36)23-10-6-20(27)7-11-23)17-24(34)32-14-12-31(13-15-32)22-3-1-2-18(16-22)25(28,29)30/h1-11,16H,12-15,17H2. The van der Waals surface area contributed by atoms with Crippen LogP contribution in [-0.2, 0) is 21.0 Å². The van der Waals surface area contributed by atoms with Crippen molar-refractivity contribution in [2.24, 2.45) is 0 Å². The van der Waals surface area contributed by atoms with Gasteiger partial charge in [0.2, 0.25) is 5.91 Å². The fourth-order valence-electron chi connectivity index (χ4n) is 3.97. The zero-order valence-corrected chi connectivity index (χ0v) is 20.1. The van der Waals surface area contributed by atoms with Crippen LogP contribution in [-0.4, -0.2) is 51.9 Å². The van der Waals surface area contributed by atoms with Gasteiger partial charge < -0.3 is 9.80 Å². The van der Waals surface area contributed by atoms with Gasteiger partial charge >= 0.3 is 6.18 Å². The normalized spacial score (nSPS) is 14.5. The molecule has 37 heavy (non-hydrogen) atoms. The Balaban J connectivity index is 1.51. The van der Waals surface area contributed by atoms with Crippen molar-refractivity contribution in [1.82, 2.24) is 4.90 Å². The summed E-state index contributed by atoms with van der Waals surface area (Å²) in [5.74, 6) is -1.78. The van der Waals surface area contributed by atoms with Crippen LogP contribution < -0.4 is 9.21 Å². The van der Waals surface area contributed by atoms with Crippen LogP contribution in [0.3, 0.4) is 0 Å². The van der Waals surface area contributed by atoms with Crippen molar-refractivity contribution in [3.05, 3.63) is 90.0 Å². The summed E-state index contributed by atoms with van der Waals surface area (Å²) in [6.07, 6.45) is -4.48. The first-order valence-corrected chi connectivity index (χ1v) is 12.6. The Labute approximate surface area is 210 Å². The van der Waals surface area contributed by atoms with Gasteiger partial charge in [0.15, 0.2) is 0 Å². The van der Waals surface area contributed by atoms with Crippen LogP contribution in [0.25, 0.3) is 0 Å². The molecular weight excluding hydrogens is 517 g/mol. The van der Waals surface area contributed by atoms with E-state index in [9.17, 15) is 35.2 Å². The smallest absolute Gasteiger partial charge is 0.368 e. The van der Waals surface area contributed by atoms with Gasteiger partial charge in [-0.1, -0.05) is 6.07 Å². The number of benzene rings is 3. The highest BCUT2D eigenvalue weighted by molar-refractivity contribution is 7.92. The number of anilines is 2. The first kappa shape index (κ1) is 26.4. The highest BCUT2D eigenvalue weighted by atomic mass is 32.2. The van der Waals surface area contributed by atoms with Crippen LogP contribution in [0.4, 0.5) is 33.3 Å². The number of piperazine rings is 1. The summed E-state index contributed by atoms with van der Waals surface area (Å²) in [7, 11) is -4.31. The molecule has 196 valence electrons. The molecule has 1 aliphatic rings. The van der Waals surface area contributed by atoms with E-state index in [0.29, 0.717) is 5.69 Å². The van der Waals surface area contributed by atoms with E-state index in [1.54, 1.807) is 11.0 Å². The summed E-state index contributed by atoms with van der Waals surface area (Å²) >= 11 is 0. The number of halogens is 5. The lowest BCUT2D eigenvalue weighted by Crippen LogP contribution is -2.52. The maximum absolute atomic E-state index is 13.5. The third-order valence-corrected chi connectivity index (χ3v) is 7.75. The topological polar surface area (TPSA) is 60.9 Å². The Hall–Kier alpha value is -3.67. The fourth-order valence-corrected chi connectivity index (χ4v) is 5.39. The van der Waals surface area contributed by atoms with E-state index < -0.39 is 45.8 Å². The maximum Gasteiger partial charge on any atom is 0.416 e. The highest BCUT2D eigenvalue weighted by Crippen LogP contribution is 2.32. The molecule has 1 fully saturated rings. The average Bonchev–Trinajstić information content (AvgIpc) is 2.87. The minimum atomic E-state index is -4.48. The third kappa shape index (κ3) is 6.01. The Morgan fingerprint density at radius 2 is 1.41 bits per heavy atom. The molecule has 0 radical (unpaired) electrons. The van der Waals surface area contributed by atoms with Crippen molar-refractivity contribution in [3.8, 4) is 0 Å². The highest BCUT2D eigenvalue weighted by Gasteiger charge is 2.32. The number of carbonyl (C=O) groups excluding carboxylic acids is 1. The lowest BCUT2D eigenvalue weighted by molar-refractivity contribution is -0.137. The summed E-state index contributed by atoms with van der Waals surface area (Å²) in [4.78, 5) is 16.0. The van der Waals surface area contributed by atoms with Crippen LogP contribution in [0.1, 0.15) is 5.56 Å². The molecule has 12 heteroatoms. The van der Waals surface area contributed by atoms with Crippen molar-refractivity contribution >= 4 is 27.3 Å². The van der Waals surface area contributed by atoms with Gasteiger partial charge in [0.1, 0.15) is 18.2 Å². The molecule has 1 amide bonds. The van der Waals surface area contributed by atoms with Gasteiger partial charge in [-0.2, -0.15) is 13.2 Å². The second-order valence-electron chi connectivity index (χ2n) is 8.36. The number of nitrogens with zero attached hydrogens (tertiary/aromatic N) is 3. The minimum absolute atomic E-state index is 0.0432. The average molecular weight is 540 g/mol. The minimum Gasteiger partial charge on any atom is -0.368 e. The lowest BCUT2D eigenvalue weighted by atomic mass is 10.1. The van der Waals surface area contributed by atoms with Gasteiger partial charge in [0.05, 0.1) is 16.1 Å². The van der Waals surface area contributed by atoms with E-state index in [4.69, 9.17) is 0 Å².